The molecule has 0 aromatic rings. The van der Waals surface area contributed by atoms with Gasteiger partial charge in [0.25, 0.3) is 0 Å². The van der Waals surface area contributed by atoms with Gasteiger partial charge in [-0.15, -0.1) is 0 Å². The van der Waals surface area contributed by atoms with Crippen LogP contribution in [0, 0.1) is 0 Å². The molecule has 0 bridgehead atoms. The number of hydrogen-bond acceptors (Lipinski definition) is 3. The fourth-order valence-corrected chi connectivity index (χ4v) is 2.06. The molecule has 0 atom stereocenters. The van der Waals surface area contributed by atoms with Gasteiger partial charge in [0, 0.05) is 0 Å². The zero-order valence-electron chi connectivity index (χ0n) is 7.17. The fraction of sp³-hybridized carbons (Fsp3) is 0.889. The highest BCUT2D eigenvalue weighted by molar-refractivity contribution is 5.71. The Labute approximate surface area is 72.0 Å². The van der Waals surface area contributed by atoms with E-state index >= 15 is 0 Å². The zero-order valence-corrected chi connectivity index (χ0v) is 7.17. The van der Waals surface area contributed by atoms with Crippen molar-refractivity contribution in [3.05, 3.63) is 0 Å². The molecule has 2 aliphatic rings. The van der Waals surface area contributed by atoms with Gasteiger partial charge in [-0.25, -0.2) is 4.79 Å². The van der Waals surface area contributed by atoms with E-state index in [0.29, 0.717) is 6.61 Å². The van der Waals surface area contributed by atoms with Crippen LogP contribution < -0.4 is 0 Å². The molecular weight excluding hydrogens is 156 g/mol. The normalized spacial score (nSPS) is 28.5. The number of ether oxygens (including phenoxy) is 2. The number of carbonyl (C=O) groups excluding carboxylic acids is 1. The molecule has 2 fully saturated rings. The van der Waals surface area contributed by atoms with Crippen molar-refractivity contribution in [3.8, 4) is 0 Å². The van der Waals surface area contributed by atoms with E-state index in [2.05, 4.69) is 0 Å². The number of esters is 1. The standard InChI is InChI=1S/C9H14O3/c10-8-6-11-7-9(12-8)4-2-1-3-5-9/h1-7H2. The van der Waals surface area contributed by atoms with Crippen molar-refractivity contribution in [3.63, 3.8) is 0 Å². The smallest absolute Gasteiger partial charge is 0.332 e. The quantitative estimate of drug-likeness (QED) is 0.513. The predicted molar refractivity (Wildman–Crippen MR) is 42.7 cm³/mol. The lowest BCUT2D eigenvalue weighted by atomic mass is 9.85. The molecule has 0 aromatic heterocycles. The Balaban J connectivity index is 2.02. The van der Waals surface area contributed by atoms with Gasteiger partial charge in [0.1, 0.15) is 12.2 Å². The van der Waals surface area contributed by atoms with E-state index in [4.69, 9.17) is 9.47 Å². The Morgan fingerprint density at radius 2 is 1.92 bits per heavy atom. The zero-order chi connectivity index (χ0) is 8.44. The first-order valence-corrected chi connectivity index (χ1v) is 4.60. The first kappa shape index (κ1) is 8.05. The summed E-state index contributed by atoms with van der Waals surface area (Å²) < 4.78 is 10.6. The van der Waals surface area contributed by atoms with Crippen molar-refractivity contribution in [2.75, 3.05) is 13.2 Å². The Morgan fingerprint density at radius 3 is 2.58 bits per heavy atom. The summed E-state index contributed by atoms with van der Waals surface area (Å²) in [6.45, 7) is 0.750. The molecular formula is C9H14O3. The molecule has 0 radical (unpaired) electrons. The molecule has 1 heterocycles. The van der Waals surface area contributed by atoms with Crippen LogP contribution in [0.15, 0.2) is 0 Å². The summed E-state index contributed by atoms with van der Waals surface area (Å²) in [4.78, 5) is 11.0. The maximum atomic E-state index is 11.0. The van der Waals surface area contributed by atoms with Crippen molar-refractivity contribution in [1.82, 2.24) is 0 Å². The van der Waals surface area contributed by atoms with E-state index in [9.17, 15) is 4.79 Å². The summed E-state index contributed by atoms with van der Waals surface area (Å²) in [5.74, 6) is -0.192. The molecule has 0 aromatic carbocycles. The SMILES string of the molecule is O=C1COCC2(CCCCC2)O1. The van der Waals surface area contributed by atoms with E-state index in [1.54, 1.807) is 0 Å². The van der Waals surface area contributed by atoms with Crippen LogP contribution in [0.1, 0.15) is 32.1 Å². The number of rotatable bonds is 0. The van der Waals surface area contributed by atoms with Crippen molar-refractivity contribution in [2.24, 2.45) is 0 Å². The maximum Gasteiger partial charge on any atom is 0.332 e. The minimum Gasteiger partial charge on any atom is -0.455 e. The van der Waals surface area contributed by atoms with Gasteiger partial charge in [0.2, 0.25) is 0 Å². The summed E-state index contributed by atoms with van der Waals surface area (Å²) in [6, 6.07) is 0. The molecule has 1 saturated carbocycles. The van der Waals surface area contributed by atoms with Crippen LogP contribution in [-0.2, 0) is 14.3 Å². The third kappa shape index (κ3) is 1.46. The number of carbonyl (C=O) groups is 1. The van der Waals surface area contributed by atoms with Crippen LogP contribution in [0.2, 0.25) is 0 Å². The van der Waals surface area contributed by atoms with Crippen LogP contribution >= 0.6 is 0 Å². The van der Waals surface area contributed by atoms with E-state index in [1.165, 1.54) is 6.42 Å². The maximum absolute atomic E-state index is 11.0. The van der Waals surface area contributed by atoms with E-state index < -0.39 is 0 Å². The van der Waals surface area contributed by atoms with E-state index in [1.807, 2.05) is 0 Å². The summed E-state index contributed by atoms with van der Waals surface area (Å²) in [5, 5.41) is 0. The molecule has 2 rings (SSSR count). The highest BCUT2D eigenvalue weighted by atomic mass is 16.6. The van der Waals surface area contributed by atoms with Gasteiger partial charge >= 0.3 is 5.97 Å². The highest BCUT2D eigenvalue weighted by Gasteiger charge is 2.39. The lowest BCUT2D eigenvalue weighted by Gasteiger charge is -2.39. The van der Waals surface area contributed by atoms with Crippen LogP contribution in [0.25, 0.3) is 0 Å². The molecule has 1 saturated heterocycles. The lowest BCUT2D eigenvalue weighted by Crippen LogP contribution is -2.46. The van der Waals surface area contributed by atoms with Gasteiger partial charge in [-0.2, -0.15) is 0 Å². The first-order chi connectivity index (χ1) is 5.81. The van der Waals surface area contributed by atoms with Crippen molar-refractivity contribution >= 4 is 5.97 Å². The molecule has 0 amide bonds. The third-order valence-electron chi connectivity index (χ3n) is 2.68. The Kier molecular flexibility index (Phi) is 2.05. The predicted octanol–water partition coefficient (Wildman–Crippen LogP) is 1.26. The van der Waals surface area contributed by atoms with Gasteiger partial charge in [-0.05, 0) is 25.7 Å². The van der Waals surface area contributed by atoms with E-state index in [0.717, 1.165) is 25.7 Å². The van der Waals surface area contributed by atoms with Crippen molar-refractivity contribution < 1.29 is 14.3 Å². The van der Waals surface area contributed by atoms with Gasteiger partial charge in [0.15, 0.2) is 0 Å². The molecule has 3 heteroatoms. The Hall–Kier alpha value is -0.570. The van der Waals surface area contributed by atoms with Gasteiger partial charge in [0.05, 0.1) is 6.61 Å². The number of hydrogen-bond donors (Lipinski definition) is 0. The largest absolute Gasteiger partial charge is 0.455 e. The Morgan fingerprint density at radius 1 is 1.17 bits per heavy atom. The summed E-state index contributed by atoms with van der Waals surface area (Å²) >= 11 is 0. The molecule has 1 spiro atoms. The molecule has 12 heavy (non-hydrogen) atoms. The van der Waals surface area contributed by atoms with E-state index in [-0.39, 0.29) is 18.2 Å². The molecule has 3 nitrogen and oxygen atoms in total. The second-order valence-corrected chi connectivity index (χ2v) is 3.71. The third-order valence-corrected chi connectivity index (χ3v) is 2.68. The van der Waals surface area contributed by atoms with Crippen LogP contribution in [0.5, 0.6) is 0 Å². The first-order valence-electron chi connectivity index (χ1n) is 4.60. The summed E-state index contributed by atoms with van der Waals surface area (Å²) in [6.07, 6.45) is 5.56. The van der Waals surface area contributed by atoms with Crippen molar-refractivity contribution in [1.29, 1.82) is 0 Å². The van der Waals surface area contributed by atoms with Gasteiger partial charge in [-0.3, -0.25) is 0 Å². The Bertz CT molecular complexity index is 177. The van der Waals surface area contributed by atoms with Crippen LogP contribution in [0.4, 0.5) is 0 Å². The monoisotopic (exact) mass is 170 g/mol. The van der Waals surface area contributed by atoms with Crippen molar-refractivity contribution in [2.45, 2.75) is 37.7 Å². The highest BCUT2D eigenvalue weighted by Crippen LogP contribution is 2.33. The molecule has 68 valence electrons. The minimum atomic E-state index is -0.242. The second kappa shape index (κ2) is 3.05. The molecule has 0 unspecified atom stereocenters. The fourth-order valence-electron chi connectivity index (χ4n) is 2.06. The van der Waals surface area contributed by atoms with Crippen LogP contribution in [0.3, 0.4) is 0 Å². The lowest BCUT2D eigenvalue weighted by molar-refractivity contribution is -0.195. The summed E-state index contributed by atoms with van der Waals surface area (Å²) in [5.41, 5.74) is -0.242. The average molecular weight is 170 g/mol. The van der Waals surface area contributed by atoms with Crippen LogP contribution in [-0.4, -0.2) is 24.8 Å². The molecule has 0 N–H and O–H groups in total. The molecule has 1 aliphatic carbocycles. The molecule has 1 aliphatic heterocycles. The average Bonchev–Trinajstić information content (AvgIpc) is 2.05. The topological polar surface area (TPSA) is 35.5 Å². The minimum absolute atomic E-state index is 0.141. The van der Waals surface area contributed by atoms with Gasteiger partial charge in [-0.1, -0.05) is 6.42 Å². The second-order valence-electron chi connectivity index (χ2n) is 3.71. The summed E-state index contributed by atoms with van der Waals surface area (Å²) in [7, 11) is 0. The van der Waals surface area contributed by atoms with Gasteiger partial charge < -0.3 is 9.47 Å².